The van der Waals surface area contributed by atoms with E-state index in [1.165, 1.54) is 66.0 Å². The summed E-state index contributed by atoms with van der Waals surface area (Å²) < 4.78 is 2.40. The van der Waals surface area contributed by atoms with Crippen LogP contribution in [0.4, 0.5) is 0 Å². The van der Waals surface area contributed by atoms with Gasteiger partial charge in [-0.3, -0.25) is 0 Å². The van der Waals surface area contributed by atoms with Gasteiger partial charge in [-0.2, -0.15) is 10.2 Å². The highest BCUT2D eigenvalue weighted by Crippen LogP contribution is 2.52. The number of hydrogen-bond acceptors (Lipinski definition) is 2. The molecule has 9 rings (SSSR count). The van der Waals surface area contributed by atoms with Gasteiger partial charge in [0.15, 0.2) is 0 Å². The van der Waals surface area contributed by atoms with Crippen molar-refractivity contribution in [2.75, 3.05) is 0 Å². The van der Waals surface area contributed by atoms with E-state index in [0.717, 1.165) is 16.5 Å². The summed E-state index contributed by atoms with van der Waals surface area (Å²) in [7, 11) is 0. The minimum atomic E-state index is -0.0523. The topological polar surface area (TPSA) is 30.7 Å². The molecule has 0 atom stereocenters. The van der Waals surface area contributed by atoms with Crippen molar-refractivity contribution in [1.29, 1.82) is 0 Å². The molecule has 0 spiro atoms. The second kappa shape index (κ2) is 8.37. The van der Waals surface area contributed by atoms with Crippen LogP contribution < -0.4 is 0 Å². The number of aromatic nitrogens is 3. The summed E-state index contributed by atoms with van der Waals surface area (Å²) in [5, 5.41) is 16.0. The Bertz CT molecular complexity index is 2390. The fourth-order valence-electron chi connectivity index (χ4n) is 7.41. The molecule has 2 heterocycles. The maximum atomic E-state index is 4.40. The largest absolute Gasteiger partial charge is 0.309 e. The van der Waals surface area contributed by atoms with Crippen LogP contribution in [0.2, 0.25) is 0 Å². The molecule has 1 aliphatic rings. The van der Waals surface area contributed by atoms with Crippen LogP contribution in [-0.2, 0) is 5.41 Å². The number of rotatable bonds is 2. The van der Waals surface area contributed by atoms with Crippen molar-refractivity contribution < 1.29 is 0 Å². The lowest BCUT2D eigenvalue weighted by Crippen LogP contribution is -2.14. The lowest BCUT2D eigenvalue weighted by molar-refractivity contribution is 0.660. The van der Waals surface area contributed by atoms with Crippen LogP contribution in [0.5, 0.6) is 0 Å². The van der Waals surface area contributed by atoms with Gasteiger partial charge in [-0.15, -0.1) is 0 Å². The van der Waals surface area contributed by atoms with Crippen molar-refractivity contribution in [2.24, 2.45) is 0 Å². The monoisotopic (exact) mass is 537 g/mol. The van der Waals surface area contributed by atoms with Crippen molar-refractivity contribution in [2.45, 2.75) is 19.3 Å². The average molecular weight is 538 g/mol. The summed E-state index contributed by atoms with van der Waals surface area (Å²) in [6.45, 7) is 4.67. The van der Waals surface area contributed by atoms with E-state index in [0.29, 0.717) is 0 Å². The molecule has 0 saturated carbocycles. The van der Waals surface area contributed by atoms with E-state index < -0.39 is 0 Å². The van der Waals surface area contributed by atoms with Gasteiger partial charge >= 0.3 is 0 Å². The Hall–Kier alpha value is -5.28. The summed E-state index contributed by atoms with van der Waals surface area (Å²) in [6.07, 6.45) is 3.86. The van der Waals surface area contributed by atoms with Gasteiger partial charge in [-0.25, -0.2) is 0 Å². The molecule has 2 aromatic heterocycles. The number of nitrogens with zero attached hydrogens (tertiary/aromatic N) is 3. The number of hydrogen-bond donors (Lipinski definition) is 0. The molecule has 8 aromatic rings. The average Bonchev–Trinajstić information content (AvgIpc) is 3.48. The summed E-state index contributed by atoms with van der Waals surface area (Å²) in [5.74, 6) is 0. The predicted octanol–water partition coefficient (Wildman–Crippen LogP) is 9.85. The first-order valence-corrected chi connectivity index (χ1v) is 14.5. The molecular weight excluding hydrogens is 510 g/mol. The number of benzene rings is 6. The molecule has 3 nitrogen and oxygen atoms in total. The highest BCUT2D eigenvalue weighted by Gasteiger charge is 2.36. The Morgan fingerprint density at radius 1 is 0.500 bits per heavy atom. The van der Waals surface area contributed by atoms with Crippen LogP contribution in [0.25, 0.3) is 71.3 Å². The first kappa shape index (κ1) is 23.4. The Labute approximate surface area is 243 Å². The Morgan fingerprint density at radius 2 is 1.19 bits per heavy atom. The Morgan fingerprint density at radius 3 is 2.07 bits per heavy atom. The standard InChI is InChI=1S/C39H27N3/c1-39(2)33-15-7-5-13-29(33)38-28(14-9-16-34(38)39)26-18-19-36(32-23-41-40-22-31(26)32)42-35-17-8-6-12-27(35)30-20-24-10-3-4-11-25(24)21-37(30)42/h3-23H,1-2H3. The van der Waals surface area contributed by atoms with Crippen LogP contribution in [0.15, 0.2) is 128 Å². The summed E-state index contributed by atoms with van der Waals surface area (Å²) in [4.78, 5) is 0. The van der Waals surface area contributed by atoms with Gasteiger partial charge in [0.25, 0.3) is 0 Å². The first-order valence-electron chi connectivity index (χ1n) is 14.5. The lowest BCUT2D eigenvalue weighted by atomic mass is 9.82. The molecule has 1 aliphatic carbocycles. The molecule has 0 amide bonds. The van der Waals surface area contributed by atoms with Crippen molar-refractivity contribution in [1.82, 2.24) is 14.8 Å². The van der Waals surface area contributed by atoms with Crippen molar-refractivity contribution >= 4 is 43.4 Å². The molecule has 0 unspecified atom stereocenters. The van der Waals surface area contributed by atoms with Crippen LogP contribution in [0.3, 0.4) is 0 Å². The third-order valence-electron chi connectivity index (χ3n) is 9.38. The van der Waals surface area contributed by atoms with Crippen LogP contribution in [0.1, 0.15) is 25.0 Å². The second-order valence-electron chi connectivity index (χ2n) is 11.9. The lowest BCUT2D eigenvalue weighted by Gasteiger charge is -2.22. The highest BCUT2D eigenvalue weighted by molar-refractivity contribution is 6.15. The van der Waals surface area contributed by atoms with Gasteiger partial charge in [0.2, 0.25) is 0 Å². The van der Waals surface area contributed by atoms with Crippen LogP contribution in [0, 0.1) is 0 Å². The van der Waals surface area contributed by atoms with E-state index >= 15 is 0 Å². The molecule has 0 N–H and O–H groups in total. The van der Waals surface area contributed by atoms with E-state index in [1.54, 1.807) is 0 Å². The number of fused-ring (bicyclic) bond motifs is 8. The third kappa shape index (κ3) is 3.05. The molecule has 0 radical (unpaired) electrons. The summed E-state index contributed by atoms with van der Waals surface area (Å²) in [6, 6.07) is 42.1. The SMILES string of the molecule is CC1(C)c2ccccc2-c2c(-c3ccc(-n4c5ccccc5c5cc6ccccc6cc54)c4cnncc34)cccc21. The first-order chi connectivity index (χ1) is 20.6. The molecule has 0 fully saturated rings. The zero-order valence-electron chi connectivity index (χ0n) is 23.5. The van der Waals surface area contributed by atoms with Gasteiger partial charge in [-0.1, -0.05) is 105 Å². The van der Waals surface area contributed by atoms with Gasteiger partial charge < -0.3 is 4.57 Å². The van der Waals surface area contributed by atoms with E-state index in [2.05, 4.69) is 144 Å². The fourth-order valence-corrected chi connectivity index (χ4v) is 7.41. The van der Waals surface area contributed by atoms with E-state index in [-0.39, 0.29) is 5.41 Å². The van der Waals surface area contributed by atoms with Gasteiger partial charge in [0.1, 0.15) is 0 Å². The Kier molecular flexibility index (Phi) is 4.67. The molecule has 0 bridgehead atoms. The molecule has 0 saturated heterocycles. The Balaban J connectivity index is 1.36. The van der Waals surface area contributed by atoms with Crippen molar-refractivity contribution in [3.8, 4) is 27.9 Å². The maximum absolute atomic E-state index is 4.40. The van der Waals surface area contributed by atoms with Crippen LogP contribution >= 0.6 is 0 Å². The third-order valence-corrected chi connectivity index (χ3v) is 9.38. The number of para-hydroxylation sites is 1. The maximum Gasteiger partial charge on any atom is 0.0596 e. The zero-order chi connectivity index (χ0) is 28.0. The van der Waals surface area contributed by atoms with Gasteiger partial charge in [0, 0.05) is 27.0 Å². The minimum Gasteiger partial charge on any atom is -0.309 e. The molecule has 3 heteroatoms. The predicted molar refractivity (Wildman–Crippen MR) is 174 cm³/mol. The second-order valence-corrected chi connectivity index (χ2v) is 11.9. The van der Waals surface area contributed by atoms with Crippen molar-refractivity contribution in [3.63, 3.8) is 0 Å². The summed E-state index contributed by atoms with van der Waals surface area (Å²) in [5.41, 5.74) is 11.3. The van der Waals surface area contributed by atoms with Crippen molar-refractivity contribution in [3.05, 3.63) is 139 Å². The van der Waals surface area contributed by atoms with Gasteiger partial charge in [0.05, 0.1) is 29.1 Å². The molecular formula is C39H27N3. The minimum absolute atomic E-state index is 0.0523. The highest BCUT2D eigenvalue weighted by atomic mass is 15.1. The normalized spacial score (nSPS) is 13.7. The molecule has 0 aliphatic heterocycles. The molecule has 6 aromatic carbocycles. The fraction of sp³-hybridized carbons (Fsp3) is 0.0769. The quantitative estimate of drug-likeness (QED) is 0.220. The van der Waals surface area contributed by atoms with Gasteiger partial charge in [-0.05, 0) is 68.4 Å². The molecule has 42 heavy (non-hydrogen) atoms. The van der Waals surface area contributed by atoms with E-state index in [9.17, 15) is 0 Å². The smallest absolute Gasteiger partial charge is 0.0596 e. The zero-order valence-corrected chi connectivity index (χ0v) is 23.5. The van der Waals surface area contributed by atoms with E-state index in [4.69, 9.17) is 0 Å². The molecule has 198 valence electrons. The van der Waals surface area contributed by atoms with E-state index in [1.807, 2.05) is 12.4 Å². The summed E-state index contributed by atoms with van der Waals surface area (Å²) >= 11 is 0. The van der Waals surface area contributed by atoms with Crippen LogP contribution in [-0.4, -0.2) is 14.8 Å².